The van der Waals surface area contributed by atoms with Crippen LogP contribution < -0.4 is 16.4 Å². The van der Waals surface area contributed by atoms with Crippen LogP contribution in [-0.2, 0) is 9.53 Å². The number of nitrogens with one attached hydrogen (secondary N) is 2. The second-order valence-corrected chi connectivity index (χ2v) is 5.66. The molecule has 0 aromatic heterocycles. The molecule has 0 saturated carbocycles. The summed E-state index contributed by atoms with van der Waals surface area (Å²) in [4.78, 5) is 11.5. The van der Waals surface area contributed by atoms with E-state index in [1.54, 1.807) is 0 Å². The molecule has 6 N–H and O–H groups in total. The zero-order valence-corrected chi connectivity index (χ0v) is 12.9. The van der Waals surface area contributed by atoms with Gasteiger partial charge in [-0.25, -0.2) is 0 Å². The second kappa shape index (κ2) is 9.32. The number of nitrogens with two attached hydrogens (primary N) is 1. The molecule has 124 valence electrons. The topological polar surface area (TPSA) is 120 Å². The lowest BCUT2D eigenvalue weighted by Gasteiger charge is -2.14. The molecule has 0 radical (unpaired) electrons. The van der Waals surface area contributed by atoms with E-state index in [0.717, 1.165) is 19.3 Å². The maximum atomic E-state index is 11.5. The predicted octanol–water partition coefficient (Wildman–Crippen LogP) is -0.934. The quantitative estimate of drug-likeness (QED) is 0.191. The predicted molar refractivity (Wildman–Crippen MR) is 79.5 cm³/mol. The molecule has 4 atom stereocenters. The highest BCUT2D eigenvalue weighted by atomic mass is 16.6. The first-order valence-corrected chi connectivity index (χ1v) is 7.66. The largest absolute Gasteiger partial charge is 0.368 e. The maximum absolute atomic E-state index is 11.5. The van der Waals surface area contributed by atoms with Crippen molar-refractivity contribution in [3.8, 4) is 0 Å². The Morgan fingerprint density at radius 1 is 1.33 bits per heavy atom. The summed E-state index contributed by atoms with van der Waals surface area (Å²) in [6, 6.07) is -0.382. The highest BCUT2D eigenvalue weighted by Crippen LogP contribution is 2.26. The molecule has 21 heavy (non-hydrogen) atoms. The van der Waals surface area contributed by atoms with Crippen molar-refractivity contribution in [2.45, 2.75) is 69.6 Å². The smallest absolute Gasteiger partial charge is 0.220 e. The maximum Gasteiger partial charge on any atom is 0.220 e. The zero-order valence-electron chi connectivity index (χ0n) is 12.9. The number of amides is 1. The van der Waals surface area contributed by atoms with Crippen molar-refractivity contribution in [3.05, 3.63) is 0 Å². The average molecular weight is 303 g/mol. The molecule has 1 aliphatic rings. The molecule has 0 aromatic carbocycles. The Morgan fingerprint density at radius 2 is 2.00 bits per heavy atom. The van der Waals surface area contributed by atoms with E-state index in [9.17, 15) is 4.79 Å². The van der Waals surface area contributed by atoms with Crippen LogP contribution in [0.1, 0.15) is 39.0 Å². The van der Waals surface area contributed by atoms with Crippen molar-refractivity contribution in [3.63, 3.8) is 0 Å². The lowest BCUT2D eigenvalue weighted by atomic mass is 10.0. The van der Waals surface area contributed by atoms with Gasteiger partial charge in [0, 0.05) is 19.0 Å². The number of epoxide rings is 1. The van der Waals surface area contributed by atoms with E-state index in [-0.39, 0.29) is 18.7 Å². The molecule has 0 bridgehead atoms. The molecule has 3 unspecified atom stereocenters. The van der Waals surface area contributed by atoms with Crippen LogP contribution in [0.2, 0.25) is 0 Å². The highest BCUT2D eigenvalue weighted by molar-refractivity contribution is 5.75. The number of unbranched alkanes of at least 4 members (excludes halogenated alkanes) is 1. The molecule has 1 amide bonds. The van der Waals surface area contributed by atoms with Gasteiger partial charge in [-0.3, -0.25) is 4.79 Å². The SMILES string of the molecule is CN[C@@H](CCCCNC(=O)CCC(N)C(O)O)C1OC1C. The van der Waals surface area contributed by atoms with Gasteiger partial charge in [0.25, 0.3) is 0 Å². The van der Waals surface area contributed by atoms with E-state index >= 15 is 0 Å². The Balaban J connectivity index is 1.99. The zero-order chi connectivity index (χ0) is 15.8. The standard InChI is InChI=1S/C14H29N3O4/c1-9-13(21-9)11(16-2)5-3-4-8-17-12(18)7-6-10(15)14(19)20/h9-11,13-14,16,19-20H,3-8,15H2,1-2H3,(H,17,18)/t9?,10?,11-,13?/m0/s1. The van der Waals surface area contributed by atoms with Crippen molar-refractivity contribution in [2.24, 2.45) is 5.73 Å². The summed E-state index contributed by atoms with van der Waals surface area (Å²) in [5, 5.41) is 23.7. The third kappa shape index (κ3) is 7.19. The Hall–Kier alpha value is -0.730. The van der Waals surface area contributed by atoms with Crippen LogP contribution in [0.15, 0.2) is 0 Å². The number of aliphatic hydroxyl groups excluding tert-OH is 1. The second-order valence-electron chi connectivity index (χ2n) is 5.66. The van der Waals surface area contributed by atoms with Crippen LogP contribution in [0.3, 0.4) is 0 Å². The number of carbonyl (C=O) groups excluding carboxylic acids is 1. The fourth-order valence-electron chi connectivity index (χ4n) is 2.35. The van der Waals surface area contributed by atoms with E-state index in [0.29, 0.717) is 24.8 Å². The third-order valence-corrected chi connectivity index (χ3v) is 3.88. The van der Waals surface area contributed by atoms with Crippen LogP contribution in [-0.4, -0.2) is 60.3 Å². The van der Waals surface area contributed by atoms with Gasteiger partial charge < -0.3 is 31.3 Å². The number of hydrogen-bond acceptors (Lipinski definition) is 6. The van der Waals surface area contributed by atoms with Crippen LogP contribution in [0, 0.1) is 0 Å². The van der Waals surface area contributed by atoms with Crippen molar-refractivity contribution in [1.82, 2.24) is 10.6 Å². The number of likely N-dealkylation sites (N-methyl/N-ethyl adjacent to an activating group) is 1. The molecule has 1 aliphatic heterocycles. The number of ether oxygens (including phenoxy) is 1. The van der Waals surface area contributed by atoms with Crippen molar-refractivity contribution in [1.29, 1.82) is 0 Å². The summed E-state index contributed by atoms with van der Waals surface area (Å²) in [5.41, 5.74) is 5.44. The summed E-state index contributed by atoms with van der Waals surface area (Å²) < 4.78 is 5.45. The molecule has 1 heterocycles. The summed E-state index contributed by atoms with van der Waals surface area (Å²) in [7, 11) is 1.94. The molecule has 0 aliphatic carbocycles. The first kappa shape index (κ1) is 18.3. The summed E-state index contributed by atoms with van der Waals surface area (Å²) in [6.07, 6.45) is 2.57. The first-order valence-electron chi connectivity index (χ1n) is 7.66. The molecular weight excluding hydrogens is 274 g/mol. The lowest BCUT2D eigenvalue weighted by Crippen LogP contribution is -2.36. The van der Waals surface area contributed by atoms with E-state index in [4.69, 9.17) is 20.7 Å². The van der Waals surface area contributed by atoms with E-state index < -0.39 is 12.3 Å². The van der Waals surface area contributed by atoms with Gasteiger partial charge in [0.05, 0.1) is 18.2 Å². The highest BCUT2D eigenvalue weighted by Gasteiger charge is 2.39. The van der Waals surface area contributed by atoms with Gasteiger partial charge in [0.15, 0.2) is 6.29 Å². The van der Waals surface area contributed by atoms with Gasteiger partial charge in [0.1, 0.15) is 0 Å². The monoisotopic (exact) mass is 303 g/mol. The van der Waals surface area contributed by atoms with Crippen LogP contribution >= 0.6 is 0 Å². The molecule has 0 spiro atoms. The number of carbonyl (C=O) groups is 1. The Kier molecular flexibility index (Phi) is 8.13. The van der Waals surface area contributed by atoms with E-state index in [2.05, 4.69) is 17.6 Å². The normalized spacial score (nSPS) is 23.9. The average Bonchev–Trinajstić information content (AvgIpc) is 3.16. The minimum absolute atomic E-state index is 0.101. The van der Waals surface area contributed by atoms with Gasteiger partial charge in [-0.05, 0) is 33.2 Å². The minimum atomic E-state index is -1.57. The molecule has 0 aromatic rings. The number of aliphatic hydroxyl groups is 2. The van der Waals surface area contributed by atoms with Gasteiger partial charge in [-0.1, -0.05) is 6.42 Å². The van der Waals surface area contributed by atoms with Gasteiger partial charge in [0.2, 0.25) is 5.91 Å². The van der Waals surface area contributed by atoms with Crippen LogP contribution in [0.25, 0.3) is 0 Å². The third-order valence-electron chi connectivity index (χ3n) is 3.88. The molecule has 1 rings (SSSR count). The molecule has 7 heteroatoms. The van der Waals surface area contributed by atoms with Crippen LogP contribution in [0.5, 0.6) is 0 Å². The van der Waals surface area contributed by atoms with Crippen molar-refractivity contribution < 1.29 is 19.7 Å². The number of rotatable bonds is 11. The fourth-order valence-corrected chi connectivity index (χ4v) is 2.35. The summed E-state index contributed by atoms with van der Waals surface area (Å²) in [6.45, 7) is 2.70. The molecule has 1 fully saturated rings. The minimum Gasteiger partial charge on any atom is -0.368 e. The van der Waals surface area contributed by atoms with Gasteiger partial charge >= 0.3 is 0 Å². The molecule has 1 saturated heterocycles. The number of hydrogen-bond donors (Lipinski definition) is 5. The van der Waals surface area contributed by atoms with Crippen LogP contribution in [0.4, 0.5) is 0 Å². The van der Waals surface area contributed by atoms with Gasteiger partial charge in [-0.2, -0.15) is 0 Å². The van der Waals surface area contributed by atoms with E-state index in [1.807, 2.05) is 7.05 Å². The summed E-state index contributed by atoms with van der Waals surface area (Å²) >= 11 is 0. The lowest BCUT2D eigenvalue weighted by molar-refractivity contribution is -0.121. The van der Waals surface area contributed by atoms with Crippen molar-refractivity contribution >= 4 is 5.91 Å². The molecular formula is C14H29N3O4. The Morgan fingerprint density at radius 3 is 2.52 bits per heavy atom. The van der Waals surface area contributed by atoms with Gasteiger partial charge in [-0.15, -0.1) is 0 Å². The summed E-state index contributed by atoms with van der Waals surface area (Å²) in [5.74, 6) is -0.101. The molecule has 7 nitrogen and oxygen atoms in total. The Bertz CT molecular complexity index is 315. The fraction of sp³-hybridized carbons (Fsp3) is 0.929. The first-order chi connectivity index (χ1) is 9.95. The van der Waals surface area contributed by atoms with Crippen molar-refractivity contribution in [2.75, 3.05) is 13.6 Å². The Labute approximate surface area is 126 Å². The van der Waals surface area contributed by atoms with E-state index in [1.165, 1.54) is 0 Å².